The molecule has 0 N–H and O–H groups in total. The first kappa shape index (κ1) is 16.9. The van der Waals surface area contributed by atoms with E-state index in [-0.39, 0.29) is 11.8 Å². The van der Waals surface area contributed by atoms with Crippen LogP contribution in [0.4, 0.5) is 0 Å². The number of aryl methyl sites for hydroxylation is 1. The smallest absolute Gasteiger partial charge is 0.353 e. The average molecular weight is 348 g/mol. The van der Waals surface area contributed by atoms with E-state index in [4.69, 9.17) is 4.74 Å². The van der Waals surface area contributed by atoms with Crippen molar-refractivity contribution < 1.29 is 14.3 Å². The normalized spacial score (nSPS) is 10.8. The van der Waals surface area contributed by atoms with Crippen LogP contribution in [0.25, 0.3) is 6.08 Å². The minimum absolute atomic E-state index is 0.0685. The Labute approximate surface area is 150 Å². The van der Waals surface area contributed by atoms with Gasteiger partial charge in [0.05, 0.1) is 0 Å². The van der Waals surface area contributed by atoms with Crippen LogP contribution in [0.1, 0.15) is 31.2 Å². The summed E-state index contributed by atoms with van der Waals surface area (Å²) in [5.41, 5.74) is 2.54. The summed E-state index contributed by atoms with van der Waals surface area (Å²) in [6, 6.07) is 18.0. The van der Waals surface area contributed by atoms with E-state index in [9.17, 15) is 9.59 Å². The van der Waals surface area contributed by atoms with Crippen molar-refractivity contribution >= 4 is 29.2 Å². The number of esters is 1. The second kappa shape index (κ2) is 7.73. The number of carbonyl (C=O) groups excluding carboxylic acids is 2. The lowest BCUT2D eigenvalue weighted by molar-refractivity contribution is 0.0739. The van der Waals surface area contributed by atoms with Crippen molar-refractivity contribution in [3.8, 4) is 5.75 Å². The average Bonchev–Trinajstić information content (AvgIpc) is 3.15. The Bertz CT molecular complexity index is 907. The van der Waals surface area contributed by atoms with Crippen molar-refractivity contribution in [3.63, 3.8) is 0 Å². The number of allylic oxidation sites excluding steroid dienone is 1. The van der Waals surface area contributed by atoms with E-state index in [0.717, 1.165) is 11.1 Å². The molecule has 0 fully saturated rings. The van der Waals surface area contributed by atoms with E-state index < -0.39 is 0 Å². The summed E-state index contributed by atoms with van der Waals surface area (Å²) in [6.45, 7) is 1.98. The largest absolute Gasteiger partial charge is 0.422 e. The molecule has 1 heterocycles. The number of rotatable bonds is 5. The number of thiophene rings is 1. The zero-order valence-corrected chi connectivity index (χ0v) is 14.5. The minimum Gasteiger partial charge on any atom is -0.422 e. The third kappa shape index (κ3) is 4.52. The van der Waals surface area contributed by atoms with Gasteiger partial charge in [0.1, 0.15) is 10.6 Å². The molecule has 0 bridgehead atoms. The highest BCUT2D eigenvalue weighted by atomic mass is 32.1. The van der Waals surface area contributed by atoms with Crippen LogP contribution in [-0.2, 0) is 0 Å². The topological polar surface area (TPSA) is 43.4 Å². The van der Waals surface area contributed by atoms with Gasteiger partial charge in [-0.3, -0.25) is 4.79 Å². The molecule has 124 valence electrons. The second-order valence-electron chi connectivity index (χ2n) is 5.50. The molecule has 0 saturated carbocycles. The molecule has 4 heteroatoms. The molecule has 0 atom stereocenters. The van der Waals surface area contributed by atoms with Gasteiger partial charge >= 0.3 is 5.97 Å². The Morgan fingerprint density at radius 3 is 2.52 bits per heavy atom. The van der Waals surface area contributed by atoms with E-state index in [1.807, 2.05) is 30.5 Å². The maximum atomic E-state index is 12.2. The number of hydrogen-bond acceptors (Lipinski definition) is 4. The third-order valence-electron chi connectivity index (χ3n) is 3.55. The molecule has 0 amide bonds. The lowest BCUT2D eigenvalue weighted by Crippen LogP contribution is -2.06. The van der Waals surface area contributed by atoms with E-state index in [1.54, 1.807) is 48.5 Å². The molecule has 0 aliphatic rings. The lowest BCUT2D eigenvalue weighted by atomic mass is 10.1. The van der Waals surface area contributed by atoms with Gasteiger partial charge in [0.25, 0.3) is 0 Å². The second-order valence-corrected chi connectivity index (χ2v) is 6.45. The molecular weight excluding hydrogens is 332 g/mol. The third-order valence-corrected chi connectivity index (χ3v) is 4.40. The van der Waals surface area contributed by atoms with Gasteiger partial charge in [0.15, 0.2) is 5.78 Å². The fraction of sp³-hybridized carbons (Fsp3) is 0.0476. The Morgan fingerprint density at radius 1 is 1.00 bits per heavy atom. The molecule has 3 nitrogen and oxygen atoms in total. The zero-order valence-electron chi connectivity index (χ0n) is 13.6. The molecule has 0 unspecified atom stereocenters. The van der Waals surface area contributed by atoms with Crippen LogP contribution in [-0.4, -0.2) is 11.8 Å². The van der Waals surface area contributed by atoms with E-state index in [1.165, 1.54) is 17.4 Å². The summed E-state index contributed by atoms with van der Waals surface area (Å²) in [7, 11) is 0. The van der Waals surface area contributed by atoms with Crippen molar-refractivity contribution in [2.24, 2.45) is 0 Å². The highest BCUT2D eigenvalue weighted by Crippen LogP contribution is 2.18. The summed E-state index contributed by atoms with van der Waals surface area (Å²) < 4.78 is 5.36. The first-order chi connectivity index (χ1) is 12.1. The van der Waals surface area contributed by atoms with Gasteiger partial charge in [-0.05, 0) is 42.1 Å². The van der Waals surface area contributed by atoms with Crippen molar-refractivity contribution in [1.29, 1.82) is 0 Å². The lowest BCUT2D eigenvalue weighted by Gasteiger charge is -2.03. The molecule has 0 spiro atoms. The van der Waals surface area contributed by atoms with Crippen LogP contribution in [0.15, 0.2) is 72.1 Å². The fourth-order valence-electron chi connectivity index (χ4n) is 2.22. The van der Waals surface area contributed by atoms with E-state index in [2.05, 4.69) is 0 Å². The van der Waals surface area contributed by atoms with Crippen molar-refractivity contribution in [3.05, 3.63) is 93.7 Å². The fourth-order valence-corrected chi connectivity index (χ4v) is 2.82. The molecule has 3 aromatic rings. The van der Waals surface area contributed by atoms with Crippen LogP contribution < -0.4 is 4.74 Å². The summed E-state index contributed by atoms with van der Waals surface area (Å²) in [6.07, 6.45) is 3.23. The van der Waals surface area contributed by atoms with Crippen LogP contribution in [0.5, 0.6) is 5.75 Å². The number of ether oxygens (including phenoxy) is 1. The van der Waals surface area contributed by atoms with Crippen molar-refractivity contribution in [1.82, 2.24) is 0 Å². The summed E-state index contributed by atoms with van der Waals surface area (Å²) in [5, 5.41) is 1.83. The van der Waals surface area contributed by atoms with Crippen LogP contribution in [0.2, 0.25) is 0 Å². The minimum atomic E-state index is -0.383. The quantitative estimate of drug-likeness (QED) is 0.276. The Kier molecular flexibility index (Phi) is 5.21. The number of carbonyl (C=O) groups is 2. The standard InChI is InChI=1S/C21H16O3S/c1-15-7-10-17(11-8-15)19(22)12-9-16-4-2-5-18(14-16)24-21(23)20-6-3-13-25-20/h2-14H,1H3/b12-9+. The van der Waals surface area contributed by atoms with Crippen LogP contribution in [0.3, 0.4) is 0 Å². The van der Waals surface area contributed by atoms with Gasteiger partial charge in [-0.2, -0.15) is 0 Å². The monoisotopic (exact) mass is 348 g/mol. The van der Waals surface area contributed by atoms with E-state index >= 15 is 0 Å². The van der Waals surface area contributed by atoms with Crippen molar-refractivity contribution in [2.75, 3.05) is 0 Å². The van der Waals surface area contributed by atoms with Crippen LogP contribution in [0, 0.1) is 6.92 Å². The van der Waals surface area contributed by atoms with Gasteiger partial charge in [0, 0.05) is 5.56 Å². The van der Waals surface area contributed by atoms with Gasteiger partial charge < -0.3 is 4.74 Å². The van der Waals surface area contributed by atoms with Gasteiger partial charge in [0.2, 0.25) is 0 Å². The molecule has 1 aromatic heterocycles. The van der Waals surface area contributed by atoms with E-state index in [0.29, 0.717) is 16.2 Å². The first-order valence-electron chi connectivity index (χ1n) is 7.77. The summed E-state index contributed by atoms with van der Waals surface area (Å²) >= 11 is 1.33. The predicted molar refractivity (Wildman–Crippen MR) is 100 cm³/mol. The molecular formula is C21H16O3S. The summed E-state index contributed by atoms with van der Waals surface area (Å²) in [4.78, 5) is 24.7. The molecule has 3 rings (SSSR count). The molecule has 0 radical (unpaired) electrons. The maximum absolute atomic E-state index is 12.2. The Balaban J connectivity index is 1.69. The molecule has 0 saturated heterocycles. The number of hydrogen-bond donors (Lipinski definition) is 0. The molecule has 0 aliphatic carbocycles. The predicted octanol–water partition coefficient (Wildman–Crippen LogP) is 5.17. The molecule has 25 heavy (non-hydrogen) atoms. The zero-order chi connectivity index (χ0) is 17.6. The highest BCUT2D eigenvalue weighted by molar-refractivity contribution is 7.12. The number of benzene rings is 2. The van der Waals surface area contributed by atoms with Crippen LogP contribution >= 0.6 is 11.3 Å². The van der Waals surface area contributed by atoms with Gasteiger partial charge in [-0.25, -0.2) is 4.79 Å². The Hall–Kier alpha value is -2.98. The molecule has 0 aliphatic heterocycles. The highest BCUT2D eigenvalue weighted by Gasteiger charge is 2.09. The summed E-state index contributed by atoms with van der Waals surface area (Å²) in [5.74, 6) is -0.00354. The Morgan fingerprint density at radius 2 is 1.80 bits per heavy atom. The molecule has 2 aromatic carbocycles. The van der Waals surface area contributed by atoms with Gasteiger partial charge in [-0.1, -0.05) is 54.1 Å². The van der Waals surface area contributed by atoms with Gasteiger partial charge in [-0.15, -0.1) is 11.3 Å². The number of ketones is 1. The SMILES string of the molecule is Cc1ccc(C(=O)/C=C/c2cccc(OC(=O)c3cccs3)c2)cc1. The maximum Gasteiger partial charge on any atom is 0.353 e. The first-order valence-corrected chi connectivity index (χ1v) is 8.64. The van der Waals surface area contributed by atoms with Crippen molar-refractivity contribution in [2.45, 2.75) is 6.92 Å².